The predicted octanol–water partition coefficient (Wildman–Crippen LogP) is 1.48. The number of hydrazone groups is 1. The molecule has 0 aromatic carbocycles. The first kappa shape index (κ1) is 14.2. The number of carboxylic acid groups (broad SMARTS) is 1. The van der Waals surface area contributed by atoms with Crippen molar-refractivity contribution >= 4 is 17.8 Å². The van der Waals surface area contributed by atoms with Crippen LogP contribution in [0.2, 0.25) is 0 Å². The van der Waals surface area contributed by atoms with Gasteiger partial charge in [0.1, 0.15) is 6.61 Å². The fourth-order valence-corrected chi connectivity index (χ4v) is 0.757. The molecule has 0 unspecified atom stereocenters. The van der Waals surface area contributed by atoms with Crippen molar-refractivity contribution in [3.05, 3.63) is 12.7 Å². The molecule has 0 heterocycles. The highest BCUT2D eigenvalue weighted by Gasteiger charge is 2.10. The summed E-state index contributed by atoms with van der Waals surface area (Å²) in [6, 6.07) is 0. The maximum atomic E-state index is 10.8. The van der Waals surface area contributed by atoms with Crippen molar-refractivity contribution in [2.75, 3.05) is 13.2 Å². The average molecular weight is 228 g/mol. The number of rotatable bonds is 6. The maximum Gasteiger partial charge on any atom is 0.428 e. The third-order valence-electron chi connectivity index (χ3n) is 1.74. The van der Waals surface area contributed by atoms with Gasteiger partial charge in [-0.05, 0) is 13.3 Å². The van der Waals surface area contributed by atoms with E-state index in [0.29, 0.717) is 12.1 Å². The molecule has 0 aromatic rings. The first-order valence-corrected chi connectivity index (χ1v) is 4.85. The molecule has 1 N–H and O–H groups in total. The van der Waals surface area contributed by atoms with Gasteiger partial charge in [0.05, 0.1) is 6.54 Å². The van der Waals surface area contributed by atoms with Gasteiger partial charge in [-0.25, -0.2) is 9.59 Å². The van der Waals surface area contributed by atoms with E-state index >= 15 is 0 Å². The minimum atomic E-state index is -1.18. The maximum absolute atomic E-state index is 10.8. The number of nitrogens with zero attached hydrogens (tertiary/aromatic N) is 2. The summed E-state index contributed by atoms with van der Waals surface area (Å²) in [5, 5.41) is 13.5. The molecule has 90 valence electrons. The van der Waals surface area contributed by atoms with E-state index in [9.17, 15) is 9.59 Å². The topological polar surface area (TPSA) is 79.2 Å². The van der Waals surface area contributed by atoms with Gasteiger partial charge in [0.2, 0.25) is 0 Å². The molecule has 0 aliphatic rings. The van der Waals surface area contributed by atoms with Gasteiger partial charge in [-0.15, -0.1) is 0 Å². The van der Waals surface area contributed by atoms with Crippen molar-refractivity contribution < 1.29 is 19.4 Å². The molecule has 0 atom stereocenters. The van der Waals surface area contributed by atoms with Crippen LogP contribution in [-0.4, -0.2) is 41.0 Å². The van der Waals surface area contributed by atoms with Crippen molar-refractivity contribution in [2.24, 2.45) is 5.10 Å². The zero-order valence-electron chi connectivity index (χ0n) is 9.47. The van der Waals surface area contributed by atoms with Gasteiger partial charge >= 0.3 is 12.1 Å². The summed E-state index contributed by atoms with van der Waals surface area (Å²) >= 11 is 0. The second-order valence-corrected chi connectivity index (χ2v) is 2.97. The molecule has 0 radical (unpaired) electrons. The van der Waals surface area contributed by atoms with E-state index in [1.165, 1.54) is 0 Å². The predicted molar refractivity (Wildman–Crippen MR) is 59.3 cm³/mol. The zero-order chi connectivity index (χ0) is 12.6. The van der Waals surface area contributed by atoms with Gasteiger partial charge < -0.3 is 9.84 Å². The van der Waals surface area contributed by atoms with E-state index in [1.54, 1.807) is 6.92 Å². The Morgan fingerprint density at radius 3 is 2.62 bits per heavy atom. The van der Waals surface area contributed by atoms with E-state index in [2.05, 4.69) is 16.4 Å². The lowest BCUT2D eigenvalue weighted by molar-refractivity contribution is -0.138. The number of amides is 1. The third-order valence-corrected chi connectivity index (χ3v) is 1.74. The van der Waals surface area contributed by atoms with E-state index in [0.717, 1.165) is 11.1 Å². The monoisotopic (exact) mass is 228 g/mol. The molecule has 0 aliphatic carbocycles. The van der Waals surface area contributed by atoms with E-state index < -0.39 is 12.1 Å². The first-order valence-electron chi connectivity index (χ1n) is 4.85. The first-order chi connectivity index (χ1) is 7.51. The number of carbonyl (C=O) groups is 2. The molecular weight excluding hydrogens is 212 g/mol. The Labute approximate surface area is 94.2 Å². The van der Waals surface area contributed by atoms with Crippen molar-refractivity contribution in [1.82, 2.24) is 5.01 Å². The number of hydrogen-bond donors (Lipinski definition) is 1. The Balaban J connectivity index is 4.20. The van der Waals surface area contributed by atoms with Crippen LogP contribution in [0, 0.1) is 0 Å². The SMILES string of the molecule is C=CC(=O)OCCN(/N=C(\C)CC)C(=O)O. The second-order valence-electron chi connectivity index (χ2n) is 2.97. The summed E-state index contributed by atoms with van der Waals surface area (Å²) < 4.78 is 4.66. The quantitative estimate of drug-likeness (QED) is 0.323. The Kier molecular flexibility index (Phi) is 6.58. The molecule has 0 rings (SSSR count). The summed E-state index contributed by atoms with van der Waals surface area (Å²) in [5.41, 5.74) is 0.692. The molecule has 16 heavy (non-hydrogen) atoms. The minimum Gasteiger partial charge on any atom is -0.464 e. The molecule has 0 aliphatic heterocycles. The second kappa shape index (κ2) is 7.44. The van der Waals surface area contributed by atoms with Crippen LogP contribution >= 0.6 is 0 Å². The Morgan fingerprint density at radius 2 is 2.19 bits per heavy atom. The molecule has 1 amide bonds. The van der Waals surface area contributed by atoms with Gasteiger partial charge in [0.25, 0.3) is 0 Å². The molecule has 0 saturated carbocycles. The van der Waals surface area contributed by atoms with Gasteiger partial charge in [-0.1, -0.05) is 13.5 Å². The van der Waals surface area contributed by atoms with Crippen LogP contribution in [0.25, 0.3) is 0 Å². The van der Waals surface area contributed by atoms with Crippen molar-refractivity contribution in [1.29, 1.82) is 0 Å². The number of ether oxygens (including phenoxy) is 1. The normalized spacial score (nSPS) is 10.8. The summed E-state index contributed by atoms with van der Waals surface area (Å²) in [4.78, 5) is 21.5. The lowest BCUT2D eigenvalue weighted by Gasteiger charge is -2.13. The standard InChI is InChI=1S/C10H16N2O4/c1-4-8(3)11-12(10(14)15)6-7-16-9(13)5-2/h5H,2,4,6-7H2,1,3H3,(H,14,15)/b11-8+. The van der Waals surface area contributed by atoms with Crippen LogP contribution in [-0.2, 0) is 9.53 Å². The summed E-state index contributed by atoms with van der Waals surface area (Å²) in [6.45, 7) is 6.78. The van der Waals surface area contributed by atoms with Crippen LogP contribution in [0.3, 0.4) is 0 Å². The largest absolute Gasteiger partial charge is 0.464 e. The smallest absolute Gasteiger partial charge is 0.428 e. The molecule has 0 bridgehead atoms. The number of hydrogen-bond acceptors (Lipinski definition) is 4. The van der Waals surface area contributed by atoms with Crippen molar-refractivity contribution in [3.8, 4) is 0 Å². The third kappa shape index (κ3) is 5.79. The summed E-state index contributed by atoms with van der Waals surface area (Å²) in [7, 11) is 0. The van der Waals surface area contributed by atoms with Gasteiger partial charge in [-0.3, -0.25) is 0 Å². The van der Waals surface area contributed by atoms with Crippen molar-refractivity contribution in [3.63, 3.8) is 0 Å². The fraction of sp³-hybridized carbons (Fsp3) is 0.500. The van der Waals surface area contributed by atoms with E-state index in [-0.39, 0.29) is 13.2 Å². The minimum absolute atomic E-state index is 0.00620. The van der Waals surface area contributed by atoms with Gasteiger partial charge in [0, 0.05) is 11.8 Å². The Morgan fingerprint density at radius 1 is 1.56 bits per heavy atom. The van der Waals surface area contributed by atoms with Crippen molar-refractivity contribution in [2.45, 2.75) is 20.3 Å². The highest BCUT2D eigenvalue weighted by Crippen LogP contribution is 1.95. The van der Waals surface area contributed by atoms with Crippen LogP contribution in [0.15, 0.2) is 17.8 Å². The van der Waals surface area contributed by atoms with E-state index in [1.807, 2.05) is 6.92 Å². The lowest BCUT2D eigenvalue weighted by atomic mass is 10.3. The molecule has 0 fully saturated rings. The molecule has 6 nitrogen and oxygen atoms in total. The zero-order valence-corrected chi connectivity index (χ0v) is 9.47. The van der Waals surface area contributed by atoms with Gasteiger partial charge in [0.15, 0.2) is 0 Å². The number of esters is 1. The molecule has 0 spiro atoms. The average Bonchev–Trinajstić information content (AvgIpc) is 2.26. The number of carbonyl (C=O) groups excluding carboxylic acids is 1. The molecule has 0 aromatic heterocycles. The van der Waals surface area contributed by atoms with Crippen LogP contribution in [0.5, 0.6) is 0 Å². The Bertz CT molecular complexity index is 299. The molecule has 0 saturated heterocycles. The summed E-state index contributed by atoms with van der Waals surface area (Å²) in [6.07, 6.45) is 0.504. The summed E-state index contributed by atoms with van der Waals surface area (Å²) in [5.74, 6) is -0.582. The Hall–Kier alpha value is -1.85. The lowest BCUT2D eigenvalue weighted by Crippen LogP contribution is -2.29. The highest BCUT2D eigenvalue weighted by atomic mass is 16.5. The fourth-order valence-electron chi connectivity index (χ4n) is 0.757. The highest BCUT2D eigenvalue weighted by molar-refractivity contribution is 5.82. The van der Waals surface area contributed by atoms with E-state index in [4.69, 9.17) is 5.11 Å². The van der Waals surface area contributed by atoms with Gasteiger partial charge in [-0.2, -0.15) is 10.1 Å². The molecular formula is C10H16N2O4. The van der Waals surface area contributed by atoms with Crippen LogP contribution in [0.4, 0.5) is 4.79 Å². The van der Waals surface area contributed by atoms with Crippen LogP contribution in [0.1, 0.15) is 20.3 Å². The molecule has 6 heteroatoms. The van der Waals surface area contributed by atoms with Crippen LogP contribution < -0.4 is 0 Å².